The number of hydrogen-bond acceptors (Lipinski definition) is 2. The van der Waals surface area contributed by atoms with E-state index in [1.54, 1.807) is 0 Å². The highest BCUT2D eigenvalue weighted by atomic mass is 35.5. The van der Waals surface area contributed by atoms with Gasteiger partial charge >= 0.3 is 5.97 Å². The summed E-state index contributed by atoms with van der Waals surface area (Å²) in [5, 5.41) is 8.86. The third-order valence-electron chi connectivity index (χ3n) is 3.44. The van der Waals surface area contributed by atoms with E-state index in [9.17, 15) is 4.79 Å². The van der Waals surface area contributed by atoms with Gasteiger partial charge in [-0.1, -0.05) is 35.4 Å². The molecule has 0 saturated heterocycles. The molecule has 1 aliphatic carbocycles. The van der Waals surface area contributed by atoms with Gasteiger partial charge in [0.1, 0.15) is 12.4 Å². The summed E-state index contributed by atoms with van der Waals surface area (Å²) < 4.78 is 5.74. The third kappa shape index (κ3) is 2.49. The van der Waals surface area contributed by atoms with Gasteiger partial charge in [-0.05, 0) is 29.7 Å². The predicted molar refractivity (Wildman–Crippen MR) is 78.8 cm³/mol. The van der Waals surface area contributed by atoms with Crippen LogP contribution in [0.3, 0.4) is 0 Å². The van der Waals surface area contributed by atoms with Crippen LogP contribution >= 0.6 is 11.6 Å². The van der Waals surface area contributed by atoms with E-state index in [4.69, 9.17) is 21.4 Å². The van der Waals surface area contributed by atoms with Gasteiger partial charge in [0.15, 0.2) is 0 Å². The van der Waals surface area contributed by atoms with Crippen LogP contribution in [0, 0.1) is 0 Å². The number of rotatable bonds is 2. The molecule has 4 heteroatoms. The summed E-state index contributed by atoms with van der Waals surface area (Å²) in [6.07, 6.45) is 6.64. The van der Waals surface area contributed by atoms with Crippen LogP contribution in [0.4, 0.5) is 0 Å². The van der Waals surface area contributed by atoms with Crippen LogP contribution in [-0.2, 0) is 11.2 Å². The molecule has 2 aliphatic rings. The van der Waals surface area contributed by atoms with Crippen molar-refractivity contribution in [3.8, 4) is 5.75 Å². The van der Waals surface area contributed by atoms with E-state index in [2.05, 4.69) is 0 Å². The zero-order valence-electron chi connectivity index (χ0n) is 10.7. The molecule has 0 aromatic heterocycles. The van der Waals surface area contributed by atoms with Crippen molar-refractivity contribution in [3.63, 3.8) is 0 Å². The first-order valence-electron chi connectivity index (χ1n) is 6.34. The first-order chi connectivity index (χ1) is 9.65. The van der Waals surface area contributed by atoms with Gasteiger partial charge in [-0.15, -0.1) is 0 Å². The maximum atomic E-state index is 10.8. The van der Waals surface area contributed by atoms with Crippen molar-refractivity contribution >= 4 is 29.7 Å². The lowest BCUT2D eigenvalue weighted by Gasteiger charge is -2.09. The number of hydrogen-bond donors (Lipinski definition) is 1. The highest BCUT2D eigenvalue weighted by Crippen LogP contribution is 2.34. The minimum Gasteiger partial charge on any atom is -0.488 e. The molecule has 0 fully saturated rings. The summed E-state index contributed by atoms with van der Waals surface area (Å²) in [7, 11) is 0. The van der Waals surface area contributed by atoms with Gasteiger partial charge in [0.05, 0.1) is 6.42 Å². The summed E-state index contributed by atoms with van der Waals surface area (Å²) >= 11 is 5.71. The molecule has 0 radical (unpaired) electrons. The second-order valence-electron chi connectivity index (χ2n) is 4.94. The molecule has 0 spiro atoms. The minimum absolute atomic E-state index is 0.0924. The van der Waals surface area contributed by atoms with Crippen LogP contribution in [-0.4, -0.2) is 17.7 Å². The number of carboxylic acids is 1. The Hall–Kier alpha value is -2.00. The number of ether oxygens (including phenoxy) is 1. The summed E-state index contributed by atoms with van der Waals surface area (Å²) in [5.74, 6) is 0.0251. The van der Waals surface area contributed by atoms with Gasteiger partial charge < -0.3 is 9.84 Å². The van der Waals surface area contributed by atoms with Gasteiger partial charge in [-0.3, -0.25) is 4.79 Å². The molecule has 0 bridgehead atoms. The molecule has 0 amide bonds. The summed E-state index contributed by atoms with van der Waals surface area (Å²) in [5.41, 5.74) is 6.55. The molecule has 1 aromatic rings. The van der Waals surface area contributed by atoms with Gasteiger partial charge in [-0.2, -0.15) is 0 Å². The average molecular weight is 289 g/mol. The highest BCUT2D eigenvalue weighted by molar-refractivity contribution is 6.25. The van der Waals surface area contributed by atoms with Crippen molar-refractivity contribution in [1.82, 2.24) is 0 Å². The fourth-order valence-corrected chi connectivity index (χ4v) is 2.63. The number of benzene rings is 1. The molecule has 102 valence electrons. The Morgan fingerprint density at radius 2 is 2.20 bits per heavy atom. The number of aliphatic carboxylic acids is 1. The van der Waals surface area contributed by atoms with E-state index in [1.165, 1.54) is 5.54 Å². The van der Waals surface area contributed by atoms with Gasteiger partial charge in [0.25, 0.3) is 0 Å². The normalized spacial score (nSPS) is 18.1. The standard InChI is InChI=1S/C16H13ClO3/c17-8-10-1-2-12-6-13-3-11(5-16(18)19)4-14(13)7-15(12)20-9-10/h1-3,6-8H,4-5,9H2,(H,18,19). The number of carbonyl (C=O) groups is 1. The zero-order valence-corrected chi connectivity index (χ0v) is 11.5. The SMILES string of the molecule is O=C(O)CC1=Cc2cc3c(cc2C1)OCC(=CCl)C=C3. The molecule has 1 aliphatic heterocycles. The van der Waals surface area contributed by atoms with E-state index >= 15 is 0 Å². The van der Waals surface area contributed by atoms with E-state index in [-0.39, 0.29) is 6.42 Å². The highest BCUT2D eigenvalue weighted by Gasteiger charge is 2.18. The molecule has 1 N–H and O–H groups in total. The Morgan fingerprint density at radius 1 is 1.35 bits per heavy atom. The molecule has 1 heterocycles. The molecular weight excluding hydrogens is 276 g/mol. The van der Waals surface area contributed by atoms with Crippen molar-refractivity contribution in [2.45, 2.75) is 12.8 Å². The number of halogens is 1. The molecule has 1 aromatic carbocycles. The lowest BCUT2D eigenvalue weighted by Crippen LogP contribution is -1.99. The molecule has 20 heavy (non-hydrogen) atoms. The maximum absolute atomic E-state index is 10.8. The number of carboxylic acid groups (broad SMARTS) is 1. The van der Waals surface area contributed by atoms with E-state index in [0.29, 0.717) is 13.0 Å². The first-order valence-corrected chi connectivity index (χ1v) is 6.77. The fourth-order valence-electron chi connectivity index (χ4n) is 2.50. The lowest BCUT2D eigenvalue weighted by molar-refractivity contribution is -0.136. The van der Waals surface area contributed by atoms with Crippen LogP contribution in [0.1, 0.15) is 23.1 Å². The predicted octanol–water partition coefficient (Wildman–Crippen LogP) is 3.63. The second kappa shape index (κ2) is 5.17. The monoisotopic (exact) mass is 288 g/mol. The van der Waals surface area contributed by atoms with E-state index < -0.39 is 5.97 Å². The van der Waals surface area contributed by atoms with Crippen molar-refractivity contribution < 1.29 is 14.6 Å². The Labute approximate surface area is 121 Å². The Balaban J connectivity index is 1.94. The zero-order chi connectivity index (χ0) is 14.1. The molecule has 3 nitrogen and oxygen atoms in total. The molecule has 3 rings (SSSR count). The van der Waals surface area contributed by atoms with Crippen LogP contribution in [0.25, 0.3) is 12.2 Å². The third-order valence-corrected chi connectivity index (χ3v) is 3.72. The quantitative estimate of drug-likeness (QED) is 0.904. The van der Waals surface area contributed by atoms with E-state index in [1.807, 2.05) is 30.4 Å². The molecule has 0 saturated carbocycles. The van der Waals surface area contributed by atoms with Gasteiger partial charge in [-0.25, -0.2) is 0 Å². The molecule has 0 atom stereocenters. The fraction of sp³-hybridized carbons (Fsp3) is 0.188. The van der Waals surface area contributed by atoms with Crippen LogP contribution in [0.5, 0.6) is 5.75 Å². The maximum Gasteiger partial charge on any atom is 0.307 e. The van der Waals surface area contributed by atoms with Crippen LogP contribution < -0.4 is 4.74 Å². The van der Waals surface area contributed by atoms with Crippen LogP contribution in [0.2, 0.25) is 0 Å². The second-order valence-corrected chi connectivity index (χ2v) is 5.16. The summed E-state index contributed by atoms with van der Waals surface area (Å²) in [4.78, 5) is 10.8. The van der Waals surface area contributed by atoms with Crippen LogP contribution in [0.15, 0.2) is 34.9 Å². The van der Waals surface area contributed by atoms with Crippen molar-refractivity contribution in [1.29, 1.82) is 0 Å². The Morgan fingerprint density at radius 3 is 2.95 bits per heavy atom. The number of fused-ring (bicyclic) bond motifs is 2. The Bertz CT molecular complexity index is 669. The van der Waals surface area contributed by atoms with Crippen molar-refractivity contribution in [3.05, 3.63) is 51.6 Å². The minimum atomic E-state index is -0.793. The molecule has 0 unspecified atom stereocenters. The van der Waals surface area contributed by atoms with E-state index in [0.717, 1.165) is 33.6 Å². The average Bonchev–Trinajstić information content (AvgIpc) is 2.66. The van der Waals surface area contributed by atoms with Crippen molar-refractivity contribution in [2.24, 2.45) is 0 Å². The smallest absolute Gasteiger partial charge is 0.307 e. The summed E-state index contributed by atoms with van der Waals surface area (Å²) in [6, 6.07) is 4.03. The topological polar surface area (TPSA) is 46.5 Å². The lowest BCUT2D eigenvalue weighted by atomic mass is 10.0. The van der Waals surface area contributed by atoms with Gasteiger partial charge in [0, 0.05) is 16.7 Å². The summed E-state index contributed by atoms with van der Waals surface area (Å²) in [6.45, 7) is 0.446. The van der Waals surface area contributed by atoms with Crippen molar-refractivity contribution in [2.75, 3.05) is 6.61 Å². The first kappa shape index (κ1) is 13.0. The Kier molecular flexibility index (Phi) is 3.36. The molecular formula is C16H13ClO3. The van der Waals surface area contributed by atoms with Gasteiger partial charge in [0.2, 0.25) is 0 Å². The largest absolute Gasteiger partial charge is 0.488 e.